The van der Waals surface area contributed by atoms with Crippen LogP contribution in [0.4, 0.5) is 13.2 Å². The molecule has 24 heavy (non-hydrogen) atoms. The summed E-state index contributed by atoms with van der Waals surface area (Å²) >= 11 is 1.61. The predicted octanol–water partition coefficient (Wildman–Crippen LogP) is 4.01. The quantitative estimate of drug-likeness (QED) is 0.766. The molecule has 0 bridgehead atoms. The van der Waals surface area contributed by atoms with Crippen molar-refractivity contribution in [3.63, 3.8) is 0 Å². The summed E-state index contributed by atoms with van der Waals surface area (Å²) in [4.78, 5) is 16.3. The molecule has 1 heterocycles. The first-order valence-electron chi connectivity index (χ1n) is 8.17. The van der Waals surface area contributed by atoms with Crippen molar-refractivity contribution >= 4 is 17.7 Å². The largest absolute Gasteiger partial charge is 0.416 e. The third-order valence-corrected chi connectivity index (χ3v) is 5.55. The van der Waals surface area contributed by atoms with E-state index in [1.165, 1.54) is 12.1 Å². The standard InChI is InChI=1S/C17H23F3N2OS/c1-3-21(4-2)10-11-22-15(23)9-12-24-16(22)13-5-7-14(8-6-13)17(18,19)20/h5-8,16H,3-4,9-12H2,1-2H3. The number of alkyl halides is 3. The van der Waals surface area contributed by atoms with Crippen molar-refractivity contribution in [2.75, 3.05) is 31.9 Å². The fourth-order valence-corrected chi connectivity index (χ4v) is 4.03. The highest BCUT2D eigenvalue weighted by Crippen LogP contribution is 2.38. The molecule has 1 aromatic rings. The summed E-state index contributed by atoms with van der Waals surface area (Å²) in [7, 11) is 0. The number of carbonyl (C=O) groups is 1. The van der Waals surface area contributed by atoms with E-state index in [1.54, 1.807) is 16.7 Å². The smallest absolute Gasteiger partial charge is 0.325 e. The van der Waals surface area contributed by atoms with E-state index < -0.39 is 11.7 Å². The van der Waals surface area contributed by atoms with Crippen molar-refractivity contribution in [2.45, 2.75) is 31.8 Å². The van der Waals surface area contributed by atoms with Crippen molar-refractivity contribution in [2.24, 2.45) is 0 Å². The predicted molar refractivity (Wildman–Crippen MR) is 90.8 cm³/mol. The molecule has 1 fully saturated rings. The molecule has 1 saturated heterocycles. The maximum absolute atomic E-state index is 12.7. The van der Waals surface area contributed by atoms with Crippen molar-refractivity contribution in [3.8, 4) is 0 Å². The third kappa shape index (κ3) is 4.66. The van der Waals surface area contributed by atoms with Gasteiger partial charge in [-0.05, 0) is 30.8 Å². The normalized spacial score (nSPS) is 19.2. The lowest BCUT2D eigenvalue weighted by Crippen LogP contribution is -2.42. The molecule has 0 radical (unpaired) electrons. The first-order chi connectivity index (χ1) is 11.4. The van der Waals surface area contributed by atoms with Gasteiger partial charge in [-0.3, -0.25) is 4.79 Å². The number of benzene rings is 1. The van der Waals surface area contributed by atoms with Crippen LogP contribution in [0.1, 0.15) is 36.8 Å². The molecule has 1 amide bonds. The minimum atomic E-state index is -4.34. The van der Waals surface area contributed by atoms with Crippen molar-refractivity contribution < 1.29 is 18.0 Å². The van der Waals surface area contributed by atoms with E-state index in [0.717, 1.165) is 37.3 Å². The molecule has 1 aliphatic heterocycles. The number of carbonyl (C=O) groups excluding carboxylic acids is 1. The SMILES string of the molecule is CCN(CC)CCN1C(=O)CCSC1c1ccc(C(F)(F)F)cc1. The molecule has 7 heteroatoms. The lowest BCUT2D eigenvalue weighted by atomic mass is 10.1. The molecule has 0 saturated carbocycles. The van der Waals surface area contributed by atoms with Gasteiger partial charge in [0.15, 0.2) is 0 Å². The zero-order valence-electron chi connectivity index (χ0n) is 14.0. The molecule has 0 spiro atoms. The van der Waals surface area contributed by atoms with Gasteiger partial charge in [-0.1, -0.05) is 26.0 Å². The van der Waals surface area contributed by atoms with Crippen molar-refractivity contribution in [3.05, 3.63) is 35.4 Å². The van der Waals surface area contributed by atoms with Crippen LogP contribution < -0.4 is 0 Å². The van der Waals surface area contributed by atoms with Crippen LogP contribution in [0.3, 0.4) is 0 Å². The second kappa shape index (κ2) is 8.25. The number of hydrogen-bond acceptors (Lipinski definition) is 3. The molecular formula is C17H23F3N2OS. The fourth-order valence-electron chi connectivity index (χ4n) is 2.77. The summed E-state index contributed by atoms with van der Waals surface area (Å²) in [5.74, 6) is 0.776. The van der Waals surface area contributed by atoms with Gasteiger partial charge in [0.25, 0.3) is 0 Å². The minimum absolute atomic E-state index is 0.0748. The van der Waals surface area contributed by atoms with Gasteiger partial charge in [-0.25, -0.2) is 0 Å². The van der Waals surface area contributed by atoms with Crippen molar-refractivity contribution in [1.29, 1.82) is 0 Å². The minimum Gasteiger partial charge on any atom is -0.325 e. The van der Waals surface area contributed by atoms with Crippen LogP contribution in [0.2, 0.25) is 0 Å². The molecule has 1 aliphatic rings. The Bertz CT molecular complexity index is 544. The molecule has 0 aromatic heterocycles. The zero-order chi connectivity index (χ0) is 17.7. The van der Waals surface area contributed by atoms with Gasteiger partial charge in [0.05, 0.1) is 5.56 Å². The molecular weight excluding hydrogens is 337 g/mol. The molecule has 1 atom stereocenters. The van der Waals surface area contributed by atoms with E-state index in [2.05, 4.69) is 18.7 Å². The molecule has 3 nitrogen and oxygen atoms in total. The second-order valence-corrected chi connectivity index (χ2v) is 6.90. The van der Waals surface area contributed by atoms with Crippen LogP contribution >= 0.6 is 11.8 Å². The molecule has 134 valence electrons. The van der Waals surface area contributed by atoms with Crippen molar-refractivity contribution in [1.82, 2.24) is 9.80 Å². The highest BCUT2D eigenvalue weighted by atomic mass is 32.2. The zero-order valence-corrected chi connectivity index (χ0v) is 14.8. The Kier molecular flexibility index (Phi) is 6.57. The Morgan fingerprint density at radius 3 is 2.38 bits per heavy atom. The lowest BCUT2D eigenvalue weighted by molar-refractivity contribution is -0.137. The molecule has 1 aromatic carbocycles. The van der Waals surface area contributed by atoms with Crippen LogP contribution in [0.15, 0.2) is 24.3 Å². The van der Waals surface area contributed by atoms with E-state index in [4.69, 9.17) is 0 Å². The number of likely N-dealkylation sites (N-methyl/N-ethyl adjacent to an activating group) is 1. The molecule has 0 aliphatic carbocycles. The molecule has 0 N–H and O–H groups in total. The fraction of sp³-hybridized carbons (Fsp3) is 0.588. The van der Waals surface area contributed by atoms with Gasteiger partial charge in [-0.15, -0.1) is 11.8 Å². The second-order valence-electron chi connectivity index (χ2n) is 5.71. The topological polar surface area (TPSA) is 23.6 Å². The van der Waals surface area contributed by atoms with Crippen LogP contribution in [-0.4, -0.2) is 47.6 Å². The lowest BCUT2D eigenvalue weighted by Gasteiger charge is -2.36. The van der Waals surface area contributed by atoms with Gasteiger partial charge in [0.2, 0.25) is 5.91 Å². The molecule has 1 unspecified atom stereocenters. The number of nitrogens with zero attached hydrogens (tertiary/aromatic N) is 2. The van der Waals surface area contributed by atoms with Gasteiger partial charge in [-0.2, -0.15) is 13.2 Å². The Balaban J connectivity index is 2.14. The Morgan fingerprint density at radius 2 is 1.83 bits per heavy atom. The summed E-state index contributed by atoms with van der Waals surface area (Å²) in [6.45, 7) is 7.34. The average Bonchev–Trinajstić information content (AvgIpc) is 2.56. The maximum Gasteiger partial charge on any atom is 0.416 e. The first-order valence-corrected chi connectivity index (χ1v) is 9.22. The average molecular weight is 360 g/mol. The first kappa shape index (κ1) is 19.1. The van der Waals surface area contributed by atoms with Gasteiger partial charge in [0, 0.05) is 25.3 Å². The molecule has 2 rings (SSSR count). The van der Waals surface area contributed by atoms with E-state index in [0.29, 0.717) is 18.7 Å². The van der Waals surface area contributed by atoms with E-state index in [-0.39, 0.29) is 11.3 Å². The monoisotopic (exact) mass is 360 g/mol. The van der Waals surface area contributed by atoms with Crippen LogP contribution in [0.25, 0.3) is 0 Å². The van der Waals surface area contributed by atoms with Crippen LogP contribution in [-0.2, 0) is 11.0 Å². The van der Waals surface area contributed by atoms with Crippen LogP contribution in [0.5, 0.6) is 0 Å². The van der Waals surface area contributed by atoms with Gasteiger partial charge >= 0.3 is 6.18 Å². The van der Waals surface area contributed by atoms with Gasteiger partial charge < -0.3 is 9.80 Å². The summed E-state index contributed by atoms with van der Waals surface area (Å²) in [6.07, 6.45) is -3.85. The van der Waals surface area contributed by atoms with Crippen LogP contribution in [0, 0.1) is 0 Å². The summed E-state index contributed by atoms with van der Waals surface area (Å²) in [5.41, 5.74) is 0.0914. The Labute approximate surface area is 145 Å². The summed E-state index contributed by atoms with van der Waals surface area (Å²) < 4.78 is 38.1. The number of amides is 1. The number of halogens is 3. The number of rotatable bonds is 6. The Hall–Kier alpha value is -1.21. The Morgan fingerprint density at radius 1 is 1.21 bits per heavy atom. The maximum atomic E-state index is 12.7. The van der Waals surface area contributed by atoms with E-state index >= 15 is 0 Å². The number of thioether (sulfide) groups is 1. The summed E-state index contributed by atoms with van der Waals surface area (Å²) in [5, 5.41) is -0.205. The van der Waals surface area contributed by atoms with Gasteiger partial charge in [0.1, 0.15) is 5.37 Å². The third-order valence-electron chi connectivity index (χ3n) is 4.27. The summed E-state index contributed by atoms with van der Waals surface area (Å²) in [6, 6.07) is 5.17. The highest BCUT2D eigenvalue weighted by molar-refractivity contribution is 7.99. The number of hydrogen-bond donors (Lipinski definition) is 0. The van der Waals surface area contributed by atoms with E-state index in [1.807, 2.05) is 0 Å². The highest BCUT2D eigenvalue weighted by Gasteiger charge is 2.32. The van der Waals surface area contributed by atoms with E-state index in [9.17, 15) is 18.0 Å².